The summed E-state index contributed by atoms with van der Waals surface area (Å²) in [5.74, 6) is 1.22. The molecule has 0 amide bonds. The van der Waals surface area contributed by atoms with Crippen molar-refractivity contribution in [3.63, 3.8) is 0 Å². The highest BCUT2D eigenvalue weighted by Crippen LogP contribution is 2.34. The Morgan fingerprint density at radius 1 is 0.906 bits per heavy atom. The molecule has 2 aromatic heterocycles. The van der Waals surface area contributed by atoms with Crippen molar-refractivity contribution in [3.8, 4) is 0 Å². The predicted molar refractivity (Wildman–Crippen MR) is 119 cm³/mol. The minimum absolute atomic E-state index is 0.333. The molecule has 1 aliphatic heterocycles. The second kappa shape index (κ2) is 9.46. The average Bonchev–Trinajstić information content (AvgIpc) is 3.46. The largest absolute Gasteiger partial charge is 0.394 e. The summed E-state index contributed by atoms with van der Waals surface area (Å²) in [6.45, 7) is -0.376. The van der Waals surface area contributed by atoms with Crippen LogP contribution in [0.1, 0.15) is 70.4 Å². The van der Waals surface area contributed by atoms with E-state index >= 15 is 0 Å². The third kappa shape index (κ3) is 4.28. The van der Waals surface area contributed by atoms with Gasteiger partial charge in [0.2, 0.25) is 5.95 Å². The standard InChI is InChI=1S/C22H34N6O4/c29-11-15-17(30)18(31)21(32-15)28-12-23-16-19(24-13-9-5-6-10-13)26-22(27-20(16)28)25-14-7-3-1-2-4-8-14/h12-15,17-18,21,29-31H,1-11H2,(H2,24,25,26,27)/t15-,17-,18-,21-/m1/s1. The molecule has 176 valence electrons. The van der Waals surface area contributed by atoms with E-state index in [2.05, 4.69) is 15.6 Å². The van der Waals surface area contributed by atoms with Crippen molar-refractivity contribution < 1.29 is 20.1 Å². The number of nitrogens with one attached hydrogen (secondary N) is 2. The van der Waals surface area contributed by atoms with Crippen LogP contribution in [0, 0.1) is 0 Å². The van der Waals surface area contributed by atoms with Crippen molar-refractivity contribution in [2.75, 3.05) is 17.2 Å². The van der Waals surface area contributed by atoms with Gasteiger partial charge in [0.05, 0.1) is 12.9 Å². The Labute approximate surface area is 187 Å². The Bertz CT molecular complexity index is 909. The number of rotatable bonds is 6. The van der Waals surface area contributed by atoms with Crippen LogP contribution in [0.3, 0.4) is 0 Å². The van der Waals surface area contributed by atoms with Crippen LogP contribution in [0.25, 0.3) is 11.2 Å². The molecule has 3 aliphatic rings. The maximum Gasteiger partial charge on any atom is 0.227 e. The number of imidazole rings is 1. The molecule has 5 N–H and O–H groups in total. The fourth-order valence-electron chi connectivity index (χ4n) is 5.25. The van der Waals surface area contributed by atoms with Crippen LogP contribution in [0.4, 0.5) is 11.8 Å². The lowest BCUT2D eigenvalue weighted by Crippen LogP contribution is -2.33. The van der Waals surface area contributed by atoms with Crippen molar-refractivity contribution in [2.24, 2.45) is 0 Å². The highest BCUT2D eigenvalue weighted by Gasteiger charge is 2.44. The molecule has 0 bridgehead atoms. The normalized spacial score (nSPS) is 30.1. The number of anilines is 2. The van der Waals surface area contributed by atoms with Gasteiger partial charge < -0.3 is 30.7 Å². The maximum absolute atomic E-state index is 10.5. The molecule has 10 heteroatoms. The molecule has 3 heterocycles. The molecule has 5 rings (SSSR count). The van der Waals surface area contributed by atoms with Gasteiger partial charge in [-0.2, -0.15) is 9.97 Å². The second-order valence-electron chi connectivity index (χ2n) is 9.41. The van der Waals surface area contributed by atoms with Crippen molar-refractivity contribution in [1.82, 2.24) is 19.5 Å². The molecule has 0 spiro atoms. The van der Waals surface area contributed by atoms with Crippen LogP contribution in [0.2, 0.25) is 0 Å². The Hall–Kier alpha value is -2.01. The summed E-state index contributed by atoms with van der Waals surface area (Å²) in [5.41, 5.74) is 1.15. The van der Waals surface area contributed by atoms with Gasteiger partial charge in [0, 0.05) is 12.1 Å². The lowest BCUT2D eigenvalue weighted by atomic mass is 10.1. The van der Waals surface area contributed by atoms with E-state index in [1.54, 1.807) is 10.9 Å². The van der Waals surface area contributed by atoms with Crippen LogP contribution in [-0.4, -0.2) is 71.8 Å². The summed E-state index contributed by atoms with van der Waals surface area (Å²) in [7, 11) is 0. The molecular formula is C22H34N6O4. The molecular weight excluding hydrogens is 412 g/mol. The number of nitrogens with zero attached hydrogens (tertiary/aromatic N) is 4. The lowest BCUT2D eigenvalue weighted by molar-refractivity contribution is -0.0511. The third-order valence-corrected chi connectivity index (χ3v) is 7.10. The zero-order valence-electron chi connectivity index (χ0n) is 18.4. The molecule has 3 fully saturated rings. The molecule has 2 saturated carbocycles. The molecule has 0 radical (unpaired) electrons. The maximum atomic E-state index is 10.5. The van der Waals surface area contributed by atoms with Gasteiger partial charge >= 0.3 is 0 Å². The van der Waals surface area contributed by atoms with Crippen LogP contribution >= 0.6 is 0 Å². The van der Waals surface area contributed by atoms with Gasteiger partial charge in [-0.25, -0.2) is 4.98 Å². The summed E-state index contributed by atoms with van der Waals surface area (Å²) in [4.78, 5) is 14.1. The molecule has 4 atom stereocenters. The van der Waals surface area contributed by atoms with Gasteiger partial charge in [0.15, 0.2) is 23.2 Å². The van der Waals surface area contributed by atoms with E-state index in [9.17, 15) is 15.3 Å². The number of aromatic nitrogens is 4. The lowest BCUT2D eigenvalue weighted by Gasteiger charge is -2.20. The van der Waals surface area contributed by atoms with Crippen LogP contribution in [-0.2, 0) is 4.74 Å². The third-order valence-electron chi connectivity index (χ3n) is 7.10. The number of ether oxygens (including phenoxy) is 1. The Kier molecular flexibility index (Phi) is 6.45. The van der Waals surface area contributed by atoms with Crippen molar-refractivity contribution in [3.05, 3.63) is 6.33 Å². The van der Waals surface area contributed by atoms with Gasteiger partial charge in [-0.15, -0.1) is 0 Å². The zero-order chi connectivity index (χ0) is 22.1. The van der Waals surface area contributed by atoms with Gasteiger partial charge in [0.25, 0.3) is 0 Å². The molecule has 10 nitrogen and oxygen atoms in total. The summed E-state index contributed by atoms with van der Waals surface area (Å²) in [6, 6.07) is 0.692. The first-order valence-corrected chi connectivity index (χ1v) is 12.0. The van der Waals surface area contributed by atoms with E-state index < -0.39 is 24.5 Å². The monoisotopic (exact) mass is 446 g/mol. The van der Waals surface area contributed by atoms with E-state index in [1.807, 2.05) is 0 Å². The highest BCUT2D eigenvalue weighted by molar-refractivity contribution is 5.84. The highest BCUT2D eigenvalue weighted by atomic mass is 16.6. The minimum Gasteiger partial charge on any atom is -0.394 e. The SMILES string of the molecule is OC[C@H]1O[C@@H](n2cnc3c(NC4CCCC4)nc(NC4CCCCCC4)nc32)[C@H](O)[C@@H]1O. The topological polar surface area (TPSA) is 138 Å². The molecule has 0 aromatic carbocycles. The quantitative estimate of drug-likeness (QED) is 0.421. The first-order chi connectivity index (χ1) is 15.6. The average molecular weight is 447 g/mol. The Balaban J connectivity index is 1.49. The van der Waals surface area contributed by atoms with Crippen molar-refractivity contribution in [2.45, 2.75) is 101 Å². The van der Waals surface area contributed by atoms with E-state index in [0.717, 1.165) is 25.7 Å². The fourth-order valence-corrected chi connectivity index (χ4v) is 5.25. The Morgan fingerprint density at radius 3 is 2.22 bits per heavy atom. The van der Waals surface area contributed by atoms with E-state index in [4.69, 9.17) is 14.7 Å². The zero-order valence-corrected chi connectivity index (χ0v) is 18.4. The summed E-state index contributed by atoms with van der Waals surface area (Å²) in [6.07, 6.45) is 9.21. The van der Waals surface area contributed by atoms with Crippen LogP contribution < -0.4 is 10.6 Å². The number of hydrogen-bond acceptors (Lipinski definition) is 9. The minimum atomic E-state index is -1.19. The first kappa shape index (κ1) is 21.8. The van der Waals surface area contributed by atoms with E-state index in [-0.39, 0.29) is 6.61 Å². The van der Waals surface area contributed by atoms with Crippen LogP contribution in [0.5, 0.6) is 0 Å². The molecule has 2 aliphatic carbocycles. The number of hydrogen-bond donors (Lipinski definition) is 5. The van der Waals surface area contributed by atoms with Gasteiger partial charge in [0.1, 0.15) is 18.3 Å². The summed E-state index contributed by atoms with van der Waals surface area (Å²) < 4.78 is 7.38. The van der Waals surface area contributed by atoms with Crippen molar-refractivity contribution in [1.29, 1.82) is 0 Å². The van der Waals surface area contributed by atoms with Crippen molar-refractivity contribution >= 4 is 22.9 Å². The molecule has 0 unspecified atom stereocenters. The first-order valence-electron chi connectivity index (χ1n) is 12.0. The van der Waals surface area contributed by atoms with Gasteiger partial charge in [-0.05, 0) is 25.7 Å². The number of fused-ring (bicyclic) bond motifs is 1. The predicted octanol–water partition coefficient (Wildman–Crippen LogP) is 1.93. The summed E-state index contributed by atoms with van der Waals surface area (Å²) >= 11 is 0. The number of aliphatic hydroxyl groups excluding tert-OH is 3. The smallest absolute Gasteiger partial charge is 0.227 e. The summed E-state index contributed by atoms with van der Waals surface area (Å²) in [5, 5.41) is 37.3. The fraction of sp³-hybridized carbons (Fsp3) is 0.773. The molecule has 1 saturated heterocycles. The molecule has 32 heavy (non-hydrogen) atoms. The van der Waals surface area contributed by atoms with E-state index in [0.29, 0.717) is 35.0 Å². The number of aliphatic hydroxyl groups is 3. The Morgan fingerprint density at radius 2 is 1.56 bits per heavy atom. The molecule has 2 aromatic rings. The van der Waals surface area contributed by atoms with E-state index in [1.165, 1.54) is 38.5 Å². The van der Waals surface area contributed by atoms with Gasteiger partial charge in [-0.3, -0.25) is 4.57 Å². The van der Waals surface area contributed by atoms with Crippen LogP contribution in [0.15, 0.2) is 6.33 Å². The second-order valence-corrected chi connectivity index (χ2v) is 9.41. The van der Waals surface area contributed by atoms with Gasteiger partial charge in [-0.1, -0.05) is 38.5 Å².